The molecule has 2 fully saturated rings. The second-order valence-electron chi connectivity index (χ2n) is 5.67. The standard InChI is InChI=1S/C13H26N2O/c1-10-3-5-11(6-4-10)15(2)13-9-16-8-7-12(13)14/h10-13H,3-9,14H2,1-2H3. The Hall–Kier alpha value is -0.120. The average Bonchev–Trinajstić information content (AvgIpc) is 2.30. The van der Waals surface area contributed by atoms with E-state index < -0.39 is 0 Å². The summed E-state index contributed by atoms with van der Waals surface area (Å²) in [5, 5.41) is 0. The van der Waals surface area contributed by atoms with Crippen molar-refractivity contribution in [3.05, 3.63) is 0 Å². The van der Waals surface area contributed by atoms with Gasteiger partial charge in [0.25, 0.3) is 0 Å². The molecule has 0 aromatic carbocycles. The molecule has 1 aliphatic carbocycles. The van der Waals surface area contributed by atoms with Crippen LogP contribution in [0.2, 0.25) is 0 Å². The molecule has 2 aliphatic rings. The van der Waals surface area contributed by atoms with Crippen molar-refractivity contribution in [2.75, 3.05) is 20.3 Å². The van der Waals surface area contributed by atoms with E-state index in [1.165, 1.54) is 25.7 Å². The van der Waals surface area contributed by atoms with Gasteiger partial charge in [-0.3, -0.25) is 4.90 Å². The van der Waals surface area contributed by atoms with E-state index in [4.69, 9.17) is 10.5 Å². The van der Waals surface area contributed by atoms with Crippen LogP contribution in [0.5, 0.6) is 0 Å². The Morgan fingerprint density at radius 3 is 2.44 bits per heavy atom. The van der Waals surface area contributed by atoms with Crippen LogP contribution in [0.3, 0.4) is 0 Å². The fraction of sp³-hybridized carbons (Fsp3) is 1.00. The minimum Gasteiger partial charge on any atom is -0.380 e. The first-order valence-electron chi connectivity index (χ1n) is 6.73. The van der Waals surface area contributed by atoms with Crippen molar-refractivity contribution in [3.8, 4) is 0 Å². The molecule has 1 heterocycles. The highest BCUT2D eigenvalue weighted by molar-refractivity contribution is 4.88. The molecule has 3 heteroatoms. The van der Waals surface area contributed by atoms with Crippen LogP contribution in [0.25, 0.3) is 0 Å². The summed E-state index contributed by atoms with van der Waals surface area (Å²) in [5.74, 6) is 0.918. The van der Waals surface area contributed by atoms with Crippen LogP contribution in [0.1, 0.15) is 39.0 Å². The topological polar surface area (TPSA) is 38.5 Å². The van der Waals surface area contributed by atoms with E-state index in [0.29, 0.717) is 12.1 Å². The van der Waals surface area contributed by atoms with Crippen LogP contribution >= 0.6 is 0 Å². The second-order valence-corrected chi connectivity index (χ2v) is 5.67. The predicted molar refractivity (Wildman–Crippen MR) is 66.4 cm³/mol. The Kier molecular flexibility index (Phi) is 4.22. The number of likely N-dealkylation sites (N-methyl/N-ethyl adjacent to an activating group) is 1. The number of ether oxygens (including phenoxy) is 1. The van der Waals surface area contributed by atoms with E-state index in [2.05, 4.69) is 18.9 Å². The molecule has 0 aromatic rings. The molecule has 0 aromatic heterocycles. The van der Waals surface area contributed by atoms with Crippen LogP contribution in [0.15, 0.2) is 0 Å². The minimum absolute atomic E-state index is 0.304. The molecule has 3 nitrogen and oxygen atoms in total. The largest absolute Gasteiger partial charge is 0.380 e. The van der Waals surface area contributed by atoms with Crippen LogP contribution in [0, 0.1) is 5.92 Å². The third-order valence-corrected chi connectivity index (χ3v) is 4.46. The first-order chi connectivity index (χ1) is 7.68. The molecule has 2 atom stereocenters. The summed E-state index contributed by atoms with van der Waals surface area (Å²) < 4.78 is 5.56. The molecule has 0 amide bonds. The average molecular weight is 226 g/mol. The molecule has 0 bridgehead atoms. The van der Waals surface area contributed by atoms with Crippen molar-refractivity contribution in [3.63, 3.8) is 0 Å². The molecular formula is C13H26N2O. The van der Waals surface area contributed by atoms with Gasteiger partial charge in [0, 0.05) is 24.7 Å². The molecule has 2 unspecified atom stereocenters. The van der Waals surface area contributed by atoms with Crippen molar-refractivity contribution < 1.29 is 4.74 Å². The number of rotatable bonds is 2. The second kappa shape index (κ2) is 5.48. The third kappa shape index (κ3) is 2.76. The van der Waals surface area contributed by atoms with Crippen LogP contribution in [-0.4, -0.2) is 43.3 Å². The maximum absolute atomic E-state index is 6.19. The quantitative estimate of drug-likeness (QED) is 0.777. The molecular weight excluding hydrogens is 200 g/mol. The molecule has 1 saturated carbocycles. The summed E-state index contributed by atoms with van der Waals surface area (Å²) in [6.45, 7) is 4.03. The van der Waals surface area contributed by atoms with Crippen molar-refractivity contribution in [2.24, 2.45) is 11.7 Å². The van der Waals surface area contributed by atoms with Gasteiger partial charge in [-0.25, -0.2) is 0 Å². The maximum atomic E-state index is 6.19. The van der Waals surface area contributed by atoms with Gasteiger partial charge in [0.15, 0.2) is 0 Å². The molecule has 2 N–H and O–H groups in total. The van der Waals surface area contributed by atoms with E-state index in [0.717, 1.165) is 31.6 Å². The fourth-order valence-corrected chi connectivity index (χ4v) is 3.08. The van der Waals surface area contributed by atoms with Gasteiger partial charge in [-0.1, -0.05) is 6.92 Å². The fourth-order valence-electron chi connectivity index (χ4n) is 3.08. The number of nitrogens with two attached hydrogens (primary N) is 1. The summed E-state index contributed by atoms with van der Waals surface area (Å²) in [5.41, 5.74) is 6.19. The van der Waals surface area contributed by atoms with Gasteiger partial charge in [-0.05, 0) is 45.1 Å². The van der Waals surface area contributed by atoms with E-state index in [9.17, 15) is 0 Å². The van der Waals surface area contributed by atoms with E-state index in [-0.39, 0.29) is 0 Å². The molecule has 2 rings (SSSR count). The highest BCUT2D eigenvalue weighted by Crippen LogP contribution is 2.28. The first-order valence-corrected chi connectivity index (χ1v) is 6.73. The van der Waals surface area contributed by atoms with Gasteiger partial charge < -0.3 is 10.5 Å². The lowest BCUT2D eigenvalue weighted by atomic mass is 9.85. The third-order valence-electron chi connectivity index (χ3n) is 4.46. The van der Waals surface area contributed by atoms with Gasteiger partial charge >= 0.3 is 0 Å². The molecule has 1 aliphatic heterocycles. The van der Waals surface area contributed by atoms with Crippen LogP contribution in [-0.2, 0) is 4.74 Å². The highest BCUT2D eigenvalue weighted by atomic mass is 16.5. The Morgan fingerprint density at radius 1 is 1.12 bits per heavy atom. The lowest BCUT2D eigenvalue weighted by Crippen LogP contribution is -2.55. The molecule has 0 spiro atoms. The van der Waals surface area contributed by atoms with Crippen molar-refractivity contribution in [2.45, 2.75) is 57.2 Å². The SMILES string of the molecule is CC1CCC(N(C)C2COCCC2N)CC1. The van der Waals surface area contributed by atoms with Gasteiger partial charge in [0.05, 0.1) is 6.61 Å². The minimum atomic E-state index is 0.304. The number of hydrogen-bond donors (Lipinski definition) is 1. The summed E-state index contributed by atoms with van der Waals surface area (Å²) >= 11 is 0. The highest BCUT2D eigenvalue weighted by Gasteiger charge is 2.31. The zero-order valence-corrected chi connectivity index (χ0v) is 10.7. The van der Waals surface area contributed by atoms with E-state index >= 15 is 0 Å². The smallest absolute Gasteiger partial charge is 0.0636 e. The predicted octanol–water partition coefficient (Wildman–Crippen LogP) is 1.61. The summed E-state index contributed by atoms with van der Waals surface area (Å²) in [4.78, 5) is 2.50. The summed E-state index contributed by atoms with van der Waals surface area (Å²) in [6.07, 6.45) is 6.43. The van der Waals surface area contributed by atoms with Crippen LogP contribution < -0.4 is 5.73 Å². The van der Waals surface area contributed by atoms with E-state index in [1.54, 1.807) is 0 Å². The molecule has 0 radical (unpaired) electrons. The number of hydrogen-bond acceptors (Lipinski definition) is 3. The first kappa shape index (κ1) is 12.3. The van der Waals surface area contributed by atoms with Gasteiger partial charge in [0.2, 0.25) is 0 Å². The maximum Gasteiger partial charge on any atom is 0.0636 e. The lowest BCUT2D eigenvalue weighted by molar-refractivity contribution is -0.00771. The Morgan fingerprint density at radius 2 is 1.81 bits per heavy atom. The molecule has 1 saturated heterocycles. The Bertz CT molecular complexity index is 214. The monoisotopic (exact) mass is 226 g/mol. The summed E-state index contributed by atoms with van der Waals surface area (Å²) in [7, 11) is 2.24. The van der Waals surface area contributed by atoms with Crippen molar-refractivity contribution in [1.29, 1.82) is 0 Å². The van der Waals surface area contributed by atoms with Crippen molar-refractivity contribution >= 4 is 0 Å². The Labute approximate surface area is 99.3 Å². The Balaban J connectivity index is 1.88. The van der Waals surface area contributed by atoms with Gasteiger partial charge in [0.1, 0.15) is 0 Å². The van der Waals surface area contributed by atoms with Crippen LogP contribution in [0.4, 0.5) is 0 Å². The zero-order valence-electron chi connectivity index (χ0n) is 10.7. The lowest BCUT2D eigenvalue weighted by Gasteiger charge is -2.42. The molecule has 94 valence electrons. The van der Waals surface area contributed by atoms with Gasteiger partial charge in [-0.15, -0.1) is 0 Å². The number of nitrogens with zero attached hydrogens (tertiary/aromatic N) is 1. The zero-order chi connectivity index (χ0) is 11.5. The van der Waals surface area contributed by atoms with E-state index in [1.807, 2.05) is 0 Å². The van der Waals surface area contributed by atoms with Gasteiger partial charge in [-0.2, -0.15) is 0 Å². The molecule has 16 heavy (non-hydrogen) atoms. The normalized spacial score (nSPS) is 41.2. The summed E-state index contributed by atoms with van der Waals surface area (Å²) in [6, 6.07) is 1.47. The van der Waals surface area contributed by atoms with Crippen molar-refractivity contribution in [1.82, 2.24) is 4.90 Å².